The van der Waals surface area contributed by atoms with Crippen LogP contribution < -0.4 is 4.74 Å². The number of carbonyl (C=O) groups excluding carboxylic acids is 2. The second kappa shape index (κ2) is 6.18. The van der Waals surface area contributed by atoms with Gasteiger partial charge in [-0.15, -0.1) is 0 Å². The lowest BCUT2D eigenvalue weighted by Crippen LogP contribution is -2.35. The summed E-state index contributed by atoms with van der Waals surface area (Å²) >= 11 is 0. The van der Waals surface area contributed by atoms with E-state index in [1.165, 1.54) is 0 Å². The molecule has 0 N–H and O–H groups in total. The van der Waals surface area contributed by atoms with Crippen LogP contribution in [0.2, 0.25) is 0 Å². The zero-order valence-electron chi connectivity index (χ0n) is 13.3. The minimum Gasteiger partial charge on any atom is -0.497 e. The van der Waals surface area contributed by atoms with Crippen molar-refractivity contribution in [3.63, 3.8) is 0 Å². The molecule has 22 heavy (non-hydrogen) atoms. The Morgan fingerprint density at radius 1 is 1.05 bits per heavy atom. The van der Waals surface area contributed by atoms with Crippen LogP contribution in [0, 0.1) is 5.41 Å². The number of ketones is 1. The van der Waals surface area contributed by atoms with Crippen molar-refractivity contribution in [1.29, 1.82) is 0 Å². The van der Waals surface area contributed by atoms with Gasteiger partial charge < -0.3 is 9.47 Å². The summed E-state index contributed by atoms with van der Waals surface area (Å²) in [6, 6.07) is 11.0. The van der Waals surface area contributed by atoms with Gasteiger partial charge in [-0.1, -0.05) is 18.2 Å². The molecule has 2 rings (SSSR count). The van der Waals surface area contributed by atoms with E-state index in [1.807, 2.05) is 24.3 Å². The van der Waals surface area contributed by atoms with Crippen LogP contribution in [0.15, 0.2) is 36.4 Å². The first kappa shape index (κ1) is 16.0. The van der Waals surface area contributed by atoms with Gasteiger partial charge in [0.25, 0.3) is 0 Å². The molecule has 2 aromatic rings. The maximum atomic E-state index is 12.6. The molecule has 4 heteroatoms. The molecule has 0 fully saturated rings. The van der Waals surface area contributed by atoms with Crippen LogP contribution in [-0.2, 0) is 9.53 Å². The summed E-state index contributed by atoms with van der Waals surface area (Å²) in [4.78, 5) is 24.6. The predicted octanol–water partition coefficient (Wildman–Crippen LogP) is 3.62. The van der Waals surface area contributed by atoms with Crippen molar-refractivity contribution in [2.45, 2.75) is 20.8 Å². The predicted molar refractivity (Wildman–Crippen MR) is 85.2 cm³/mol. The molecule has 0 heterocycles. The Bertz CT molecular complexity index is 716. The topological polar surface area (TPSA) is 52.6 Å². The summed E-state index contributed by atoms with van der Waals surface area (Å²) in [5.41, 5.74) is -0.702. The number of carbonyl (C=O) groups is 2. The quantitative estimate of drug-likeness (QED) is 0.481. The maximum absolute atomic E-state index is 12.6. The van der Waals surface area contributed by atoms with Crippen LogP contribution in [0.5, 0.6) is 5.75 Å². The number of rotatable bonds is 5. The Morgan fingerprint density at radius 3 is 2.32 bits per heavy atom. The number of hydrogen-bond donors (Lipinski definition) is 0. The molecule has 0 bridgehead atoms. The number of methoxy groups -OCH3 is 1. The van der Waals surface area contributed by atoms with Gasteiger partial charge >= 0.3 is 5.97 Å². The normalized spacial score (nSPS) is 11.3. The van der Waals surface area contributed by atoms with E-state index in [1.54, 1.807) is 40.0 Å². The summed E-state index contributed by atoms with van der Waals surface area (Å²) in [5, 5.41) is 1.90. The summed E-state index contributed by atoms with van der Waals surface area (Å²) in [6.45, 7) is 5.16. The van der Waals surface area contributed by atoms with E-state index in [0.29, 0.717) is 5.56 Å². The Kier molecular flexibility index (Phi) is 4.50. The van der Waals surface area contributed by atoms with Gasteiger partial charge in [0.05, 0.1) is 13.7 Å². The highest BCUT2D eigenvalue weighted by Gasteiger charge is 2.38. The lowest BCUT2D eigenvalue weighted by atomic mass is 9.84. The maximum Gasteiger partial charge on any atom is 0.319 e. The van der Waals surface area contributed by atoms with Crippen LogP contribution in [0.4, 0.5) is 0 Å². The van der Waals surface area contributed by atoms with Crippen molar-refractivity contribution in [2.24, 2.45) is 5.41 Å². The van der Waals surface area contributed by atoms with Gasteiger partial charge in [-0.2, -0.15) is 0 Å². The Morgan fingerprint density at radius 2 is 1.68 bits per heavy atom. The number of benzene rings is 2. The van der Waals surface area contributed by atoms with Crippen LogP contribution in [0.3, 0.4) is 0 Å². The van der Waals surface area contributed by atoms with Gasteiger partial charge in [-0.3, -0.25) is 9.59 Å². The molecule has 0 atom stereocenters. The SMILES string of the molecule is CCOC(=O)C(C)(C)C(=O)c1ccc2cc(OC)ccc2c1. The first-order valence-corrected chi connectivity index (χ1v) is 7.20. The molecule has 0 unspecified atom stereocenters. The standard InChI is InChI=1S/C18H20O4/c1-5-22-17(20)18(2,3)16(19)14-7-6-13-11-15(21-4)9-8-12(13)10-14/h6-11H,5H2,1-4H3. The third kappa shape index (κ3) is 2.96. The summed E-state index contributed by atoms with van der Waals surface area (Å²) in [6.07, 6.45) is 0. The lowest BCUT2D eigenvalue weighted by molar-refractivity contribution is -0.150. The summed E-state index contributed by atoms with van der Waals surface area (Å²) in [5.74, 6) is 0.0110. The van der Waals surface area contributed by atoms with Crippen molar-refractivity contribution >= 4 is 22.5 Å². The lowest BCUT2D eigenvalue weighted by Gasteiger charge is -2.21. The highest BCUT2D eigenvalue weighted by molar-refractivity contribution is 6.13. The average Bonchev–Trinajstić information content (AvgIpc) is 2.53. The van der Waals surface area contributed by atoms with Gasteiger partial charge in [0, 0.05) is 5.56 Å². The molecule has 2 aromatic carbocycles. The smallest absolute Gasteiger partial charge is 0.319 e. The van der Waals surface area contributed by atoms with Gasteiger partial charge in [-0.25, -0.2) is 0 Å². The Balaban J connectivity index is 2.38. The molecule has 0 spiro atoms. The zero-order valence-corrected chi connectivity index (χ0v) is 13.3. The fourth-order valence-electron chi connectivity index (χ4n) is 2.26. The summed E-state index contributed by atoms with van der Waals surface area (Å²) < 4.78 is 10.2. The Hall–Kier alpha value is -2.36. The summed E-state index contributed by atoms with van der Waals surface area (Å²) in [7, 11) is 1.61. The van der Waals surface area contributed by atoms with E-state index in [4.69, 9.17) is 9.47 Å². The minimum absolute atomic E-state index is 0.247. The third-order valence-electron chi connectivity index (χ3n) is 3.66. The molecule has 0 amide bonds. The van der Waals surface area contributed by atoms with E-state index < -0.39 is 11.4 Å². The molecule has 0 aliphatic heterocycles. The monoisotopic (exact) mass is 300 g/mol. The second-order valence-electron chi connectivity index (χ2n) is 5.60. The third-order valence-corrected chi connectivity index (χ3v) is 3.66. The molecule has 116 valence electrons. The van der Waals surface area contributed by atoms with Gasteiger partial charge in [0.1, 0.15) is 11.2 Å². The molecule has 0 aliphatic rings. The number of ether oxygens (including phenoxy) is 2. The molecular formula is C18H20O4. The largest absolute Gasteiger partial charge is 0.497 e. The van der Waals surface area contributed by atoms with Crippen molar-refractivity contribution in [3.05, 3.63) is 42.0 Å². The van der Waals surface area contributed by atoms with E-state index in [9.17, 15) is 9.59 Å². The van der Waals surface area contributed by atoms with Gasteiger partial charge in [-0.05, 0) is 49.7 Å². The zero-order chi connectivity index (χ0) is 16.3. The number of hydrogen-bond acceptors (Lipinski definition) is 4. The Labute approximate surface area is 130 Å². The molecule has 0 saturated carbocycles. The van der Waals surface area contributed by atoms with Crippen molar-refractivity contribution in [1.82, 2.24) is 0 Å². The van der Waals surface area contributed by atoms with Crippen LogP contribution in [-0.4, -0.2) is 25.5 Å². The molecular weight excluding hydrogens is 280 g/mol. The first-order valence-electron chi connectivity index (χ1n) is 7.20. The molecule has 4 nitrogen and oxygen atoms in total. The fourth-order valence-corrected chi connectivity index (χ4v) is 2.26. The van der Waals surface area contributed by atoms with Crippen molar-refractivity contribution < 1.29 is 19.1 Å². The van der Waals surface area contributed by atoms with Crippen molar-refractivity contribution in [3.8, 4) is 5.75 Å². The second-order valence-corrected chi connectivity index (χ2v) is 5.60. The van der Waals surface area contributed by atoms with Crippen LogP contribution in [0.1, 0.15) is 31.1 Å². The van der Waals surface area contributed by atoms with E-state index in [-0.39, 0.29) is 12.4 Å². The number of esters is 1. The average molecular weight is 300 g/mol. The highest BCUT2D eigenvalue weighted by Crippen LogP contribution is 2.27. The molecule has 0 saturated heterocycles. The first-order chi connectivity index (χ1) is 10.4. The van der Waals surface area contributed by atoms with E-state index in [2.05, 4.69) is 0 Å². The number of fused-ring (bicyclic) bond motifs is 1. The van der Waals surface area contributed by atoms with Crippen LogP contribution >= 0.6 is 0 Å². The van der Waals surface area contributed by atoms with E-state index in [0.717, 1.165) is 16.5 Å². The minimum atomic E-state index is -1.20. The molecule has 0 aliphatic carbocycles. The highest BCUT2D eigenvalue weighted by atomic mass is 16.5. The van der Waals surface area contributed by atoms with Gasteiger partial charge in [0.15, 0.2) is 5.78 Å². The number of Topliss-reactive ketones (excluding diaryl/α,β-unsaturated/α-hetero) is 1. The van der Waals surface area contributed by atoms with Crippen LogP contribution in [0.25, 0.3) is 10.8 Å². The molecule has 0 radical (unpaired) electrons. The fraction of sp³-hybridized carbons (Fsp3) is 0.333. The van der Waals surface area contributed by atoms with Crippen molar-refractivity contribution in [2.75, 3.05) is 13.7 Å². The molecule has 0 aromatic heterocycles. The van der Waals surface area contributed by atoms with E-state index >= 15 is 0 Å². The van der Waals surface area contributed by atoms with Gasteiger partial charge in [0.2, 0.25) is 0 Å².